The maximum Gasteiger partial charge on any atom is 0.211 e. The lowest BCUT2D eigenvalue weighted by Gasteiger charge is -2.39. The average molecular weight is 381 g/mol. The lowest BCUT2D eigenvalue weighted by Crippen LogP contribution is -2.44. The first kappa shape index (κ1) is 20.5. The molecule has 1 N–H and O–H groups in total. The third-order valence-electron chi connectivity index (χ3n) is 5.78. The van der Waals surface area contributed by atoms with E-state index in [-0.39, 0.29) is 5.92 Å². The second kappa shape index (κ2) is 8.40. The molecule has 0 fully saturated rings. The van der Waals surface area contributed by atoms with Gasteiger partial charge in [0.2, 0.25) is 5.79 Å². The highest BCUT2D eigenvalue weighted by atomic mass is 16.6. The first-order chi connectivity index (χ1) is 13.3. The Morgan fingerprint density at radius 3 is 2.54 bits per heavy atom. The monoisotopic (exact) mass is 380 g/mol. The molecular weight excluding hydrogens is 348 g/mol. The smallest absolute Gasteiger partial charge is 0.211 e. The third kappa shape index (κ3) is 4.10. The molecule has 2 unspecified atom stereocenters. The molecule has 2 aromatic rings. The molecular formula is C25H32O3. The van der Waals surface area contributed by atoms with Gasteiger partial charge >= 0.3 is 0 Å². The molecule has 1 heterocycles. The zero-order valence-corrected chi connectivity index (χ0v) is 17.7. The molecule has 150 valence electrons. The van der Waals surface area contributed by atoms with Crippen LogP contribution < -0.4 is 9.47 Å². The van der Waals surface area contributed by atoms with Crippen molar-refractivity contribution in [1.29, 1.82) is 0 Å². The van der Waals surface area contributed by atoms with Crippen molar-refractivity contribution >= 4 is 0 Å². The first-order valence-electron chi connectivity index (χ1n) is 10.2. The van der Waals surface area contributed by atoms with Gasteiger partial charge in [-0.3, -0.25) is 0 Å². The van der Waals surface area contributed by atoms with Gasteiger partial charge in [-0.1, -0.05) is 55.8 Å². The molecule has 3 rings (SSSR count). The number of ether oxygens (including phenoxy) is 2. The Morgan fingerprint density at radius 1 is 1.14 bits per heavy atom. The highest BCUT2D eigenvalue weighted by molar-refractivity contribution is 5.59. The number of fused-ring (bicyclic) bond motifs is 1. The number of aliphatic hydroxyl groups is 1. The van der Waals surface area contributed by atoms with E-state index in [0.717, 1.165) is 58.6 Å². The van der Waals surface area contributed by atoms with E-state index < -0.39 is 5.79 Å². The SMILES string of the molecule is CCC/C=C\C1Cc2c(C)c(OCc3ccccc3)c(C)c(C)c2OC1(C)O. The van der Waals surface area contributed by atoms with Crippen molar-refractivity contribution < 1.29 is 14.6 Å². The number of allylic oxidation sites excluding steroid dienone is 1. The molecule has 3 nitrogen and oxygen atoms in total. The second-order valence-electron chi connectivity index (χ2n) is 7.97. The second-order valence-corrected chi connectivity index (χ2v) is 7.97. The zero-order valence-electron chi connectivity index (χ0n) is 17.7. The summed E-state index contributed by atoms with van der Waals surface area (Å²) in [7, 11) is 0. The number of benzene rings is 2. The van der Waals surface area contributed by atoms with Crippen LogP contribution in [0.15, 0.2) is 42.5 Å². The minimum Gasteiger partial charge on any atom is -0.488 e. The van der Waals surface area contributed by atoms with Crippen molar-refractivity contribution in [3.8, 4) is 11.5 Å². The highest BCUT2D eigenvalue weighted by Crippen LogP contribution is 2.45. The Balaban J connectivity index is 1.94. The van der Waals surface area contributed by atoms with Crippen molar-refractivity contribution in [2.75, 3.05) is 0 Å². The number of hydrogen-bond donors (Lipinski definition) is 1. The maximum atomic E-state index is 10.9. The maximum absolute atomic E-state index is 10.9. The van der Waals surface area contributed by atoms with E-state index in [9.17, 15) is 5.11 Å². The van der Waals surface area contributed by atoms with Gasteiger partial charge < -0.3 is 14.6 Å². The Labute approximate surface area is 169 Å². The van der Waals surface area contributed by atoms with Gasteiger partial charge in [-0.2, -0.15) is 0 Å². The van der Waals surface area contributed by atoms with Gasteiger partial charge in [-0.25, -0.2) is 0 Å². The summed E-state index contributed by atoms with van der Waals surface area (Å²) >= 11 is 0. The quantitative estimate of drug-likeness (QED) is 0.643. The summed E-state index contributed by atoms with van der Waals surface area (Å²) in [5.41, 5.74) is 5.52. The van der Waals surface area contributed by atoms with E-state index in [0.29, 0.717) is 6.61 Å². The topological polar surface area (TPSA) is 38.7 Å². The third-order valence-corrected chi connectivity index (χ3v) is 5.78. The van der Waals surface area contributed by atoms with Crippen LogP contribution in [0.4, 0.5) is 0 Å². The van der Waals surface area contributed by atoms with Crippen LogP contribution in [0.2, 0.25) is 0 Å². The first-order valence-corrected chi connectivity index (χ1v) is 10.2. The molecule has 0 aromatic heterocycles. The number of rotatable bonds is 6. The summed E-state index contributed by atoms with van der Waals surface area (Å²) in [5, 5.41) is 10.9. The van der Waals surface area contributed by atoms with E-state index in [1.54, 1.807) is 6.92 Å². The van der Waals surface area contributed by atoms with Crippen molar-refractivity contribution in [2.45, 2.75) is 66.3 Å². The molecule has 0 aliphatic carbocycles. The molecule has 0 saturated carbocycles. The minimum absolute atomic E-state index is 0.0747. The Hall–Kier alpha value is -2.26. The molecule has 28 heavy (non-hydrogen) atoms. The van der Waals surface area contributed by atoms with E-state index in [2.05, 4.69) is 45.1 Å². The molecule has 0 spiro atoms. The van der Waals surface area contributed by atoms with Crippen molar-refractivity contribution in [1.82, 2.24) is 0 Å². The van der Waals surface area contributed by atoms with Gasteiger partial charge in [-0.15, -0.1) is 0 Å². The molecule has 2 aromatic carbocycles. The van der Waals surface area contributed by atoms with Crippen molar-refractivity contribution in [3.05, 3.63) is 70.3 Å². The minimum atomic E-state index is -1.20. The van der Waals surface area contributed by atoms with Crippen LogP contribution in [0, 0.1) is 26.7 Å². The van der Waals surface area contributed by atoms with Gasteiger partial charge in [0.1, 0.15) is 18.1 Å². The Kier molecular flexibility index (Phi) is 6.14. The van der Waals surface area contributed by atoms with Crippen LogP contribution in [-0.4, -0.2) is 10.9 Å². The standard InChI is InChI=1S/C25H32O3/c1-6-7-9-14-21-15-22-19(4)23(27-16-20-12-10-8-11-13-20)17(2)18(3)24(22)28-25(21,5)26/h8-14,21,26H,6-7,15-16H2,1-5H3/b14-9-. The lowest BCUT2D eigenvalue weighted by molar-refractivity contribution is -0.159. The molecule has 1 aliphatic rings. The molecule has 3 heteroatoms. The van der Waals surface area contributed by atoms with E-state index in [1.165, 1.54) is 0 Å². The highest BCUT2D eigenvalue weighted by Gasteiger charge is 2.40. The van der Waals surface area contributed by atoms with Gasteiger partial charge in [-0.05, 0) is 55.9 Å². The van der Waals surface area contributed by atoms with Crippen molar-refractivity contribution in [2.24, 2.45) is 5.92 Å². The van der Waals surface area contributed by atoms with E-state index in [1.807, 2.05) is 25.1 Å². The molecule has 0 amide bonds. The summed E-state index contributed by atoms with van der Waals surface area (Å²) in [5.74, 6) is 0.468. The summed E-state index contributed by atoms with van der Waals surface area (Å²) < 4.78 is 12.4. The van der Waals surface area contributed by atoms with Crippen molar-refractivity contribution in [3.63, 3.8) is 0 Å². The normalized spacial score (nSPS) is 21.4. The fourth-order valence-corrected chi connectivity index (χ4v) is 3.85. The van der Waals surface area contributed by atoms with Crippen LogP contribution in [0.1, 0.15) is 54.5 Å². The van der Waals surface area contributed by atoms with Gasteiger partial charge in [0.25, 0.3) is 0 Å². The van der Waals surface area contributed by atoms with Crippen LogP contribution >= 0.6 is 0 Å². The average Bonchev–Trinajstić information content (AvgIpc) is 2.68. The number of unbranched alkanes of at least 4 members (excludes halogenated alkanes) is 1. The molecule has 2 atom stereocenters. The van der Waals surface area contributed by atoms with E-state index in [4.69, 9.17) is 9.47 Å². The molecule has 0 radical (unpaired) electrons. The predicted octanol–water partition coefficient (Wildman–Crippen LogP) is 5.81. The van der Waals surface area contributed by atoms with E-state index >= 15 is 0 Å². The molecule has 1 aliphatic heterocycles. The molecule has 0 saturated heterocycles. The van der Waals surface area contributed by atoms with Gasteiger partial charge in [0.15, 0.2) is 0 Å². The summed E-state index contributed by atoms with van der Waals surface area (Å²) in [6, 6.07) is 10.2. The van der Waals surface area contributed by atoms with Gasteiger partial charge in [0.05, 0.1) is 0 Å². The fraction of sp³-hybridized carbons (Fsp3) is 0.440. The Bertz CT molecular complexity index is 850. The van der Waals surface area contributed by atoms with Crippen LogP contribution in [0.25, 0.3) is 0 Å². The van der Waals surface area contributed by atoms with Crippen LogP contribution in [0.3, 0.4) is 0 Å². The summed E-state index contributed by atoms with van der Waals surface area (Å²) in [6.07, 6.45) is 7.11. The van der Waals surface area contributed by atoms with Crippen LogP contribution in [0.5, 0.6) is 11.5 Å². The predicted molar refractivity (Wildman–Crippen MR) is 114 cm³/mol. The molecule has 0 bridgehead atoms. The Morgan fingerprint density at radius 2 is 1.86 bits per heavy atom. The largest absolute Gasteiger partial charge is 0.488 e. The summed E-state index contributed by atoms with van der Waals surface area (Å²) in [4.78, 5) is 0. The van der Waals surface area contributed by atoms with Crippen LogP contribution in [-0.2, 0) is 13.0 Å². The number of hydrogen-bond acceptors (Lipinski definition) is 3. The lowest BCUT2D eigenvalue weighted by atomic mass is 9.84. The zero-order chi connectivity index (χ0) is 20.3. The fourth-order valence-electron chi connectivity index (χ4n) is 3.85. The van der Waals surface area contributed by atoms with Gasteiger partial charge in [0, 0.05) is 18.4 Å². The summed E-state index contributed by atoms with van der Waals surface area (Å²) in [6.45, 7) is 10.7.